The third-order valence-corrected chi connectivity index (χ3v) is 4.18. The van der Waals surface area contributed by atoms with Gasteiger partial charge in [-0.1, -0.05) is 23.0 Å². The number of thiophene rings is 1. The molecule has 3 heterocycles. The molecule has 0 saturated carbocycles. The highest BCUT2D eigenvalue weighted by atomic mass is 32.2. The number of tetrazole rings is 1. The van der Waals surface area contributed by atoms with Gasteiger partial charge in [-0.25, -0.2) is 4.68 Å². The van der Waals surface area contributed by atoms with Crippen LogP contribution in [-0.2, 0) is 12.3 Å². The van der Waals surface area contributed by atoms with Crippen molar-refractivity contribution < 1.29 is 4.52 Å². The summed E-state index contributed by atoms with van der Waals surface area (Å²) in [6, 6.07) is 3.89. The first kappa shape index (κ1) is 13.2. The van der Waals surface area contributed by atoms with E-state index in [-0.39, 0.29) is 0 Å². The van der Waals surface area contributed by atoms with Crippen LogP contribution < -0.4 is 5.73 Å². The molecule has 0 fully saturated rings. The zero-order valence-corrected chi connectivity index (χ0v) is 12.0. The number of nitrogens with zero attached hydrogens (tertiary/aromatic N) is 6. The van der Waals surface area contributed by atoms with Gasteiger partial charge < -0.3 is 10.3 Å². The molecule has 0 spiro atoms. The molecule has 0 aliphatic heterocycles. The van der Waals surface area contributed by atoms with E-state index in [9.17, 15) is 0 Å². The molecule has 0 aliphatic rings. The lowest BCUT2D eigenvalue weighted by atomic mass is 10.5. The van der Waals surface area contributed by atoms with Crippen molar-refractivity contribution in [1.82, 2.24) is 30.3 Å². The second-order valence-corrected chi connectivity index (χ2v) is 5.65. The summed E-state index contributed by atoms with van der Waals surface area (Å²) >= 11 is 3.01. The molecule has 0 amide bonds. The van der Waals surface area contributed by atoms with Gasteiger partial charge in [0.15, 0.2) is 5.82 Å². The van der Waals surface area contributed by atoms with Crippen LogP contribution in [0, 0.1) is 0 Å². The topological polar surface area (TPSA) is 109 Å². The predicted octanol–water partition coefficient (Wildman–Crippen LogP) is 1.04. The van der Waals surface area contributed by atoms with Crippen LogP contribution in [0.15, 0.2) is 27.2 Å². The second-order valence-electron chi connectivity index (χ2n) is 3.76. The highest BCUT2D eigenvalue weighted by molar-refractivity contribution is 7.98. The van der Waals surface area contributed by atoms with Gasteiger partial charge in [0.25, 0.3) is 5.89 Å². The van der Waals surface area contributed by atoms with Crippen LogP contribution in [0.4, 0.5) is 0 Å². The van der Waals surface area contributed by atoms with Gasteiger partial charge >= 0.3 is 0 Å². The van der Waals surface area contributed by atoms with Crippen molar-refractivity contribution >= 4 is 23.1 Å². The molecule has 10 heteroatoms. The van der Waals surface area contributed by atoms with E-state index < -0.39 is 0 Å². The van der Waals surface area contributed by atoms with Crippen LogP contribution in [-0.4, -0.2) is 36.9 Å². The monoisotopic (exact) mass is 309 g/mol. The van der Waals surface area contributed by atoms with Crippen molar-refractivity contribution in [2.75, 3.05) is 6.54 Å². The maximum absolute atomic E-state index is 5.49. The summed E-state index contributed by atoms with van der Waals surface area (Å²) in [4.78, 5) is 5.30. The summed E-state index contributed by atoms with van der Waals surface area (Å²) in [7, 11) is 0. The number of aromatic nitrogens is 6. The largest absolute Gasteiger partial charge is 0.333 e. The van der Waals surface area contributed by atoms with Gasteiger partial charge in [0.1, 0.15) is 0 Å². The molecule has 0 atom stereocenters. The van der Waals surface area contributed by atoms with E-state index in [0.717, 1.165) is 4.88 Å². The predicted molar refractivity (Wildman–Crippen MR) is 74.0 cm³/mol. The van der Waals surface area contributed by atoms with Crippen LogP contribution in [0.3, 0.4) is 0 Å². The van der Waals surface area contributed by atoms with Crippen molar-refractivity contribution in [3.05, 3.63) is 23.3 Å². The number of thioether (sulfide) groups is 1. The lowest BCUT2D eigenvalue weighted by molar-refractivity contribution is 0.426. The lowest BCUT2D eigenvalue weighted by Gasteiger charge is -1.99. The summed E-state index contributed by atoms with van der Waals surface area (Å²) in [5.41, 5.74) is 5.49. The molecule has 0 saturated heterocycles. The van der Waals surface area contributed by atoms with E-state index in [1.165, 1.54) is 11.8 Å². The fraction of sp³-hybridized carbons (Fsp3) is 0.300. The molecule has 0 aliphatic carbocycles. The number of hydrogen-bond donors (Lipinski definition) is 1. The average Bonchev–Trinajstić information content (AvgIpc) is 3.18. The van der Waals surface area contributed by atoms with Gasteiger partial charge in [-0.15, -0.1) is 16.4 Å². The Morgan fingerprint density at radius 2 is 2.40 bits per heavy atom. The van der Waals surface area contributed by atoms with Crippen molar-refractivity contribution in [1.29, 1.82) is 0 Å². The van der Waals surface area contributed by atoms with Crippen molar-refractivity contribution in [2.24, 2.45) is 5.73 Å². The smallest absolute Gasteiger partial charge is 0.268 e. The molecule has 8 nitrogen and oxygen atoms in total. The Bertz CT molecular complexity index is 663. The summed E-state index contributed by atoms with van der Waals surface area (Å²) in [5, 5.41) is 18.0. The average molecular weight is 309 g/mol. The minimum absolute atomic E-state index is 0.489. The van der Waals surface area contributed by atoms with E-state index in [4.69, 9.17) is 10.3 Å². The Labute approximate surface area is 122 Å². The highest BCUT2D eigenvalue weighted by Gasteiger charge is 2.12. The SMILES string of the molecule is NCCn1nnnc1SCc1noc(-c2cccs2)n1. The van der Waals surface area contributed by atoms with Gasteiger partial charge in [0.05, 0.1) is 17.2 Å². The minimum Gasteiger partial charge on any atom is -0.333 e. The maximum atomic E-state index is 5.49. The molecular weight excluding hydrogens is 298 g/mol. The Kier molecular flexibility index (Phi) is 4.04. The molecule has 104 valence electrons. The van der Waals surface area contributed by atoms with E-state index in [1.54, 1.807) is 16.0 Å². The summed E-state index contributed by atoms with van der Waals surface area (Å²) < 4.78 is 6.87. The minimum atomic E-state index is 0.489. The fourth-order valence-corrected chi connectivity index (χ4v) is 2.90. The molecule has 0 bridgehead atoms. The molecule has 0 radical (unpaired) electrons. The quantitative estimate of drug-likeness (QED) is 0.673. The van der Waals surface area contributed by atoms with Gasteiger partial charge in [0.2, 0.25) is 5.16 Å². The van der Waals surface area contributed by atoms with Crippen LogP contribution in [0.5, 0.6) is 0 Å². The molecular formula is C10H11N7OS2. The van der Waals surface area contributed by atoms with Crippen LogP contribution in [0.1, 0.15) is 5.82 Å². The zero-order valence-electron chi connectivity index (χ0n) is 10.3. The van der Waals surface area contributed by atoms with Crippen molar-refractivity contribution in [2.45, 2.75) is 17.5 Å². The molecule has 20 heavy (non-hydrogen) atoms. The number of rotatable bonds is 6. The normalized spacial score (nSPS) is 11.1. The first-order chi connectivity index (χ1) is 9.86. The van der Waals surface area contributed by atoms with Crippen molar-refractivity contribution in [3.8, 4) is 10.8 Å². The summed E-state index contributed by atoms with van der Waals surface area (Å²) in [5.74, 6) is 1.69. The summed E-state index contributed by atoms with van der Waals surface area (Å²) in [6.45, 7) is 1.07. The molecule has 3 aromatic heterocycles. The van der Waals surface area contributed by atoms with Crippen LogP contribution in [0.2, 0.25) is 0 Å². The number of nitrogens with two attached hydrogens (primary N) is 1. The molecule has 3 aromatic rings. The standard InChI is InChI=1S/C10H11N7OS2/c11-3-4-17-10(13-15-16-17)20-6-8-12-9(18-14-8)7-2-1-5-19-7/h1-2,5H,3-4,6,11H2. The highest BCUT2D eigenvalue weighted by Crippen LogP contribution is 2.24. The Hall–Kier alpha value is -1.78. The van der Waals surface area contributed by atoms with E-state index >= 15 is 0 Å². The zero-order chi connectivity index (χ0) is 13.8. The van der Waals surface area contributed by atoms with Gasteiger partial charge in [-0.05, 0) is 21.9 Å². The lowest BCUT2D eigenvalue weighted by Crippen LogP contribution is -2.12. The summed E-state index contributed by atoms with van der Waals surface area (Å²) in [6.07, 6.45) is 0. The third kappa shape index (κ3) is 2.86. The van der Waals surface area contributed by atoms with Crippen LogP contribution >= 0.6 is 23.1 Å². The Balaban J connectivity index is 1.65. The second kappa shape index (κ2) is 6.11. The van der Waals surface area contributed by atoms with E-state index in [1.807, 2.05) is 17.5 Å². The fourth-order valence-electron chi connectivity index (χ4n) is 1.50. The van der Waals surface area contributed by atoms with Gasteiger partial charge in [0, 0.05) is 6.54 Å². The van der Waals surface area contributed by atoms with E-state index in [2.05, 4.69) is 25.7 Å². The number of hydrogen-bond acceptors (Lipinski definition) is 9. The van der Waals surface area contributed by atoms with Gasteiger partial charge in [-0.3, -0.25) is 0 Å². The van der Waals surface area contributed by atoms with Crippen molar-refractivity contribution in [3.63, 3.8) is 0 Å². The Morgan fingerprint density at radius 3 is 3.20 bits per heavy atom. The third-order valence-electron chi connectivity index (χ3n) is 2.37. The molecule has 0 unspecified atom stereocenters. The molecule has 3 rings (SSSR count). The first-order valence-corrected chi connectivity index (χ1v) is 7.69. The molecule has 0 aromatic carbocycles. The van der Waals surface area contributed by atoms with E-state index in [0.29, 0.717) is 35.7 Å². The molecule has 2 N–H and O–H groups in total. The van der Waals surface area contributed by atoms with Crippen LogP contribution in [0.25, 0.3) is 10.8 Å². The Morgan fingerprint density at radius 1 is 1.45 bits per heavy atom. The first-order valence-electron chi connectivity index (χ1n) is 5.82. The maximum Gasteiger partial charge on any atom is 0.268 e. The van der Waals surface area contributed by atoms with Gasteiger partial charge in [-0.2, -0.15) is 4.98 Å².